The summed E-state index contributed by atoms with van der Waals surface area (Å²) in [6.07, 6.45) is -0.350. The van der Waals surface area contributed by atoms with Crippen LogP contribution in [0.1, 0.15) is 43.7 Å². The fourth-order valence-corrected chi connectivity index (χ4v) is 1.66. The molecule has 0 aliphatic heterocycles. The van der Waals surface area contributed by atoms with Crippen LogP contribution in [0.3, 0.4) is 0 Å². The monoisotopic (exact) mass is 217 g/mol. The van der Waals surface area contributed by atoms with Gasteiger partial charge in [0.05, 0.1) is 5.56 Å². The second-order valence-corrected chi connectivity index (χ2v) is 3.65. The van der Waals surface area contributed by atoms with Crippen LogP contribution in [-0.4, -0.2) is 4.98 Å². The maximum atomic E-state index is 12.6. The van der Waals surface area contributed by atoms with Gasteiger partial charge >= 0.3 is 6.18 Å². The van der Waals surface area contributed by atoms with E-state index < -0.39 is 11.7 Å². The molecular formula is C11H14F3N. The minimum Gasteiger partial charge on any atom is -0.264 e. The minimum absolute atomic E-state index is 0.0744. The van der Waals surface area contributed by atoms with Crippen LogP contribution in [0.2, 0.25) is 0 Å². The van der Waals surface area contributed by atoms with E-state index in [1.807, 2.05) is 13.8 Å². The van der Waals surface area contributed by atoms with Gasteiger partial charge in [-0.15, -0.1) is 0 Å². The summed E-state index contributed by atoms with van der Waals surface area (Å²) in [4.78, 5) is 3.53. The Bertz CT molecular complexity index is 320. The van der Waals surface area contributed by atoms with Crippen LogP contribution in [0.15, 0.2) is 18.5 Å². The second-order valence-electron chi connectivity index (χ2n) is 3.65. The van der Waals surface area contributed by atoms with Crippen LogP contribution < -0.4 is 0 Å². The summed E-state index contributed by atoms with van der Waals surface area (Å²) in [6.45, 7) is 3.78. The van der Waals surface area contributed by atoms with E-state index in [2.05, 4.69) is 4.98 Å². The van der Waals surface area contributed by atoms with Crippen molar-refractivity contribution in [1.29, 1.82) is 0 Å². The first-order chi connectivity index (χ1) is 6.96. The zero-order chi connectivity index (χ0) is 11.5. The fourth-order valence-electron chi connectivity index (χ4n) is 1.66. The van der Waals surface area contributed by atoms with Crippen LogP contribution in [0.25, 0.3) is 0 Å². The molecule has 0 N–H and O–H groups in total. The lowest BCUT2D eigenvalue weighted by Crippen LogP contribution is -2.11. The number of aromatic nitrogens is 1. The van der Waals surface area contributed by atoms with Gasteiger partial charge in [0, 0.05) is 12.4 Å². The van der Waals surface area contributed by atoms with Gasteiger partial charge in [-0.2, -0.15) is 13.2 Å². The highest BCUT2D eigenvalue weighted by molar-refractivity contribution is 5.29. The van der Waals surface area contributed by atoms with Crippen molar-refractivity contribution in [2.24, 2.45) is 0 Å². The molecule has 0 saturated carbocycles. The predicted octanol–water partition coefficient (Wildman–Crippen LogP) is 4.00. The predicted molar refractivity (Wildman–Crippen MR) is 52.6 cm³/mol. The number of rotatable bonds is 3. The molecule has 1 heterocycles. The highest BCUT2D eigenvalue weighted by Gasteiger charge is 2.34. The lowest BCUT2D eigenvalue weighted by molar-refractivity contribution is -0.138. The Morgan fingerprint density at radius 2 is 2.07 bits per heavy atom. The van der Waals surface area contributed by atoms with Gasteiger partial charge in [-0.25, -0.2) is 0 Å². The van der Waals surface area contributed by atoms with E-state index in [0.29, 0.717) is 5.56 Å². The minimum atomic E-state index is -4.30. The zero-order valence-corrected chi connectivity index (χ0v) is 8.80. The molecule has 84 valence electrons. The molecule has 0 saturated heterocycles. The Balaban J connectivity index is 3.06. The van der Waals surface area contributed by atoms with E-state index >= 15 is 0 Å². The topological polar surface area (TPSA) is 12.9 Å². The first kappa shape index (κ1) is 12.0. The molecule has 0 amide bonds. The molecular weight excluding hydrogens is 203 g/mol. The molecule has 15 heavy (non-hydrogen) atoms. The van der Waals surface area contributed by atoms with Crippen LogP contribution in [-0.2, 0) is 6.18 Å². The normalized spacial score (nSPS) is 13.9. The van der Waals surface area contributed by atoms with Gasteiger partial charge in [0.2, 0.25) is 0 Å². The standard InChI is InChI=1S/C11H14F3N/c1-3-4-8(2)9-5-6-15-7-10(9)11(12,13)14/h5-8H,3-4H2,1-2H3. The van der Waals surface area contributed by atoms with Crippen LogP contribution >= 0.6 is 0 Å². The number of nitrogens with zero attached hydrogens (tertiary/aromatic N) is 1. The molecule has 0 radical (unpaired) electrons. The lowest BCUT2D eigenvalue weighted by Gasteiger charge is -2.16. The van der Waals surface area contributed by atoms with Crippen molar-refractivity contribution >= 4 is 0 Å². The average Bonchev–Trinajstić information content (AvgIpc) is 2.17. The lowest BCUT2D eigenvalue weighted by atomic mass is 9.93. The largest absolute Gasteiger partial charge is 0.418 e. The molecule has 0 spiro atoms. The quantitative estimate of drug-likeness (QED) is 0.745. The third-order valence-electron chi connectivity index (χ3n) is 2.41. The molecule has 1 aromatic heterocycles. The van der Waals surface area contributed by atoms with Crippen molar-refractivity contribution < 1.29 is 13.2 Å². The first-order valence-corrected chi connectivity index (χ1v) is 4.98. The maximum absolute atomic E-state index is 12.6. The highest BCUT2D eigenvalue weighted by atomic mass is 19.4. The SMILES string of the molecule is CCCC(C)c1ccncc1C(F)(F)F. The van der Waals surface area contributed by atoms with Crippen molar-refractivity contribution in [3.63, 3.8) is 0 Å². The maximum Gasteiger partial charge on any atom is 0.418 e. The summed E-state index contributed by atoms with van der Waals surface area (Å²) in [6, 6.07) is 1.46. The van der Waals surface area contributed by atoms with Gasteiger partial charge in [0.1, 0.15) is 0 Å². The summed E-state index contributed by atoms with van der Waals surface area (Å²) in [7, 11) is 0. The van der Waals surface area contributed by atoms with Crippen LogP contribution in [0.5, 0.6) is 0 Å². The number of hydrogen-bond donors (Lipinski definition) is 0. The molecule has 0 fully saturated rings. The summed E-state index contributed by atoms with van der Waals surface area (Å²) in [5.74, 6) is -0.0744. The molecule has 0 bridgehead atoms. The number of alkyl halides is 3. The van der Waals surface area contributed by atoms with E-state index in [-0.39, 0.29) is 5.92 Å². The van der Waals surface area contributed by atoms with E-state index in [1.165, 1.54) is 12.3 Å². The number of halogens is 3. The molecule has 1 rings (SSSR count). The van der Waals surface area contributed by atoms with Crippen LogP contribution in [0.4, 0.5) is 13.2 Å². The molecule has 1 nitrogen and oxygen atoms in total. The Morgan fingerprint density at radius 1 is 1.40 bits per heavy atom. The highest BCUT2D eigenvalue weighted by Crippen LogP contribution is 2.35. The Kier molecular flexibility index (Phi) is 3.72. The second kappa shape index (κ2) is 4.64. The van der Waals surface area contributed by atoms with Gasteiger partial charge in [-0.05, 0) is 24.0 Å². The Morgan fingerprint density at radius 3 is 2.60 bits per heavy atom. The van der Waals surface area contributed by atoms with Gasteiger partial charge in [0.15, 0.2) is 0 Å². The summed E-state index contributed by atoms with van der Waals surface area (Å²) < 4.78 is 37.8. The van der Waals surface area contributed by atoms with Crippen molar-refractivity contribution in [2.45, 2.75) is 38.8 Å². The van der Waals surface area contributed by atoms with Gasteiger partial charge in [0.25, 0.3) is 0 Å². The van der Waals surface area contributed by atoms with Crippen molar-refractivity contribution in [3.8, 4) is 0 Å². The van der Waals surface area contributed by atoms with E-state index in [0.717, 1.165) is 19.0 Å². The van der Waals surface area contributed by atoms with Crippen molar-refractivity contribution in [1.82, 2.24) is 4.98 Å². The van der Waals surface area contributed by atoms with E-state index in [4.69, 9.17) is 0 Å². The molecule has 0 aromatic carbocycles. The van der Waals surface area contributed by atoms with E-state index in [9.17, 15) is 13.2 Å². The fraction of sp³-hybridized carbons (Fsp3) is 0.545. The summed E-state index contributed by atoms with van der Waals surface area (Å²) in [5.41, 5.74) is -0.259. The molecule has 1 unspecified atom stereocenters. The smallest absolute Gasteiger partial charge is 0.264 e. The molecule has 4 heteroatoms. The Labute approximate surface area is 87.3 Å². The van der Waals surface area contributed by atoms with Crippen LogP contribution in [0, 0.1) is 0 Å². The average molecular weight is 217 g/mol. The summed E-state index contributed by atoms with van der Waals surface area (Å²) in [5, 5.41) is 0. The zero-order valence-electron chi connectivity index (χ0n) is 8.80. The third kappa shape index (κ3) is 2.94. The van der Waals surface area contributed by atoms with Crippen molar-refractivity contribution in [3.05, 3.63) is 29.6 Å². The van der Waals surface area contributed by atoms with Gasteiger partial charge < -0.3 is 0 Å². The van der Waals surface area contributed by atoms with Crippen molar-refractivity contribution in [2.75, 3.05) is 0 Å². The Hall–Kier alpha value is -1.06. The third-order valence-corrected chi connectivity index (χ3v) is 2.41. The number of hydrogen-bond acceptors (Lipinski definition) is 1. The molecule has 0 aliphatic rings. The molecule has 1 aromatic rings. The first-order valence-electron chi connectivity index (χ1n) is 4.98. The van der Waals surface area contributed by atoms with E-state index in [1.54, 1.807) is 0 Å². The van der Waals surface area contributed by atoms with Gasteiger partial charge in [-0.3, -0.25) is 4.98 Å². The van der Waals surface area contributed by atoms with Gasteiger partial charge in [-0.1, -0.05) is 20.3 Å². The number of pyridine rings is 1. The molecule has 1 atom stereocenters. The summed E-state index contributed by atoms with van der Waals surface area (Å²) >= 11 is 0. The molecule has 0 aliphatic carbocycles.